The van der Waals surface area contributed by atoms with E-state index in [0.717, 1.165) is 19.5 Å². The summed E-state index contributed by atoms with van der Waals surface area (Å²) in [5.41, 5.74) is 0.482. The Bertz CT molecular complexity index is 470. The topological polar surface area (TPSA) is 41.1 Å². The molecule has 0 spiro atoms. The summed E-state index contributed by atoms with van der Waals surface area (Å²) in [5.74, 6) is 0.133. The van der Waals surface area contributed by atoms with Gasteiger partial charge in [-0.1, -0.05) is 30.3 Å². The van der Waals surface area contributed by atoms with Crippen LogP contribution >= 0.6 is 0 Å². The Hall–Kier alpha value is -1.56. The Morgan fingerprint density at radius 3 is 2.64 bits per heavy atom. The van der Waals surface area contributed by atoms with Crippen LogP contribution in [0.1, 0.15) is 37.3 Å². The van der Waals surface area contributed by atoms with Crippen molar-refractivity contribution in [3.05, 3.63) is 35.9 Å². The zero-order valence-electron chi connectivity index (χ0n) is 12.3. The second-order valence-electron chi connectivity index (χ2n) is 5.75. The summed E-state index contributed by atoms with van der Waals surface area (Å²) in [6.45, 7) is 1.84. The number of carbonyl (C=O) groups excluding carboxylic acids is 1. The highest BCUT2D eigenvalue weighted by molar-refractivity contribution is 5.76. The summed E-state index contributed by atoms with van der Waals surface area (Å²) in [7, 11) is 0. The average molecular weight is 314 g/mol. The number of alkyl halides is 3. The number of benzene rings is 1. The van der Waals surface area contributed by atoms with E-state index in [2.05, 4.69) is 10.6 Å². The van der Waals surface area contributed by atoms with Crippen molar-refractivity contribution in [2.24, 2.45) is 5.92 Å². The van der Waals surface area contributed by atoms with Crippen molar-refractivity contribution in [1.82, 2.24) is 10.6 Å². The molecule has 2 atom stereocenters. The molecular weight excluding hydrogens is 293 g/mol. The van der Waals surface area contributed by atoms with Crippen molar-refractivity contribution in [3.8, 4) is 0 Å². The van der Waals surface area contributed by atoms with Gasteiger partial charge < -0.3 is 10.6 Å². The quantitative estimate of drug-likeness (QED) is 0.847. The number of hydrogen-bond donors (Lipinski definition) is 2. The van der Waals surface area contributed by atoms with Crippen LogP contribution in [0.2, 0.25) is 0 Å². The Balaban J connectivity index is 1.92. The Morgan fingerprint density at radius 2 is 2.05 bits per heavy atom. The van der Waals surface area contributed by atoms with Crippen molar-refractivity contribution in [2.45, 2.75) is 37.9 Å². The number of halogens is 3. The van der Waals surface area contributed by atoms with Gasteiger partial charge in [0, 0.05) is 6.42 Å². The lowest BCUT2D eigenvalue weighted by atomic mass is 10.0. The van der Waals surface area contributed by atoms with Gasteiger partial charge in [0.15, 0.2) is 0 Å². The van der Waals surface area contributed by atoms with Crippen LogP contribution in [0.3, 0.4) is 0 Å². The van der Waals surface area contributed by atoms with Crippen molar-refractivity contribution >= 4 is 5.91 Å². The minimum atomic E-state index is -4.32. The smallest absolute Gasteiger partial charge is 0.349 e. The fourth-order valence-corrected chi connectivity index (χ4v) is 2.73. The molecular formula is C16H21F3N2O. The first-order chi connectivity index (χ1) is 10.4. The molecule has 2 unspecified atom stereocenters. The van der Waals surface area contributed by atoms with E-state index in [1.54, 1.807) is 30.3 Å². The van der Waals surface area contributed by atoms with Gasteiger partial charge >= 0.3 is 6.18 Å². The van der Waals surface area contributed by atoms with Gasteiger partial charge in [0.25, 0.3) is 0 Å². The highest BCUT2D eigenvalue weighted by atomic mass is 19.4. The molecule has 3 nitrogen and oxygen atoms in total. The van der Waals surface area contributed by atoms with E-state index < -0.39 is 18.6 Å². The van der Waals surface area contributed by atoms with Crippen molar-refractivity contribution in [2.75, 3.05) is 13.1 Å². The molecule has 0 bridgehead atoms. The van der Waals surface area contributed by atoms with Gasteiger partial charge in [-0.05, 0) is 37.4 Å². The summed E-state index contributed by atoms with van der Waals surface area (Å²) >= 11 is 0. The molecule has 1 amide bonds. The molecule has 22 heavy (non-hydrogen) atoms. The minimum Gasteiger partial charge on any atom is -0.349 e. The molecule has 0 saturated carbocycles. The maximum Gasteiger partial charge on any atom is 0.391 e. The molecule has 0 radical (unpaired) electrons. The maximum absolute atomic E-state index is 12.7. The van der Waals surface area contributed by atoms with Gasteiger partial charge in [-0.15, -0.1) is 0 Å². The van der Waals surface area contributed by atoms with Crippen LogP contribution in [0, 0.1) is 5.92 Å². The molecule has 1 fully saturated rings. The SMILES string of the molecule is O=C(CCC1CCNC1)NC(CC(F)(F)F)c1ccccc1. The average Bonchev–Trinajstić information content (AvgIpc) is 2.97. The van der Waals surface area contributed by atoms with E-state index in [4.69, 9.17) is 0 Å². The third kappa shape index (κ3) is 5.67. The highest BCUT2D eigenvalue weighted by Gasteiger charge is 2.33. The van der Waals surface area contributed by atoms with Gasteiger partial charge in [-0.3, -0.25) is 4.79 Å². The summed E-state index contributed by atoms with van der Waals surface area (Å²) in [5, 5.41) is 5.75. The number of carbonyl (C=O) groups is 1. The molecule has 1 aromatic rings. The second kappa shape index (κ2) is 7.63. The number of amides is 1. The molecule has 1 aliphatic heterocycles. The minimum absolute atomic E-state index is 0.271. The Labute approximate surface area is 128 Å². The van der Waals surface area contributed by atoms with Gasteiger partial charge in [-0.25, -0.2) is 0 Å². The lowest BCUT2D eigenvalue weighted by Crippen LogP contribution is -2.32. The van der Waals surface area contributed by atoms with E-state index in [0.29, 0.717) is 17.9 Å². The normalized spacial score (nSPS) is 19.9. The van der Waals surface area contributed by atoms with E-state index >= 15 is 0 Å². The zero-order chi connectivity index (χ0) is 16.0. The first-order valence-electron chi connectivity index (χ1n) is 7.56. The second-order valence-corrected chi connectivity index (χ2v) is 5.75. The zero-order valence-corrected chi connectivity index (χ0v) is 12.3. The number of rotatable bonds is 6. The van der Waals surface area contributed by atoms with Gasteiger partial charge in [0.1, 0.15) is 0 Å². The molecule has 122 valence electrons. The van der Waals surface area contributed by atoms with Crippen LogP contribution in [0.25, 0.3) is 0 Å². The molecule has 1 saturated heterocycles. The van der Waals surface area contributed by atoms with E-state index in [1.165, 1.54) is 0 Å². The van der Waals surface area contributed by atoms with Crippen LogP contribution in [-0.2, 0) is 4.79 Å². The predicted octanol–water partition coefficient (Wildman–Crippen LogP) is 3.19. The van der Waals surface area contributed by atoms with Crippen LogP contribution in [-0.4, -0.2) is 25.2 Å². The van der Waals surface area contributed by atoms with E-state index in [-0.39, 0.29) is 12.3 Å². The third-order valence-electron chi connectivity index (χ3n) is 3.91. The third-order valence-corrected chi connectivity index (χ3v) is 3.91. The van der Waals surface area contributed by atoms with Crippen LogP contribution in [0.15, 0.2) is 30.3 Å². The van der Waals surface area contributed by atoms with Gasteiger partial charge in [-0.2, -0.15) is 13.2 Å². The first kappa shape index (κ1) is 16.8. The van der Waals surface area contributed by atoms with Gasteiger partial charge in [0.05, 0.1) is 12.5 Å². The predicted molar refractivity (Wildman–Crippen MR) is 78.2 cm³/mol. The maximum atomic E-state index is 12.7. The fourth-order valence-electron chi connectivity index (χ4n) is 2.73. The van der Waals surface area contributed by atoms with Gasteiger partial charge in [0.2, 0.25) is 5.91 Å². The summed E-state index contributed by atoms with van der Waals surface area (Å²) < 4.78 is 38.1. The molecule has 0 aliphatic carbocycles. The number of hydrogen-bond acceptors (Lipinski definition) is 2. The standard InChI is InChI=1S/C16H21F3N2O/c17-16(18,19)10-14(13-4-2-1-3-5-13)21-15(22)7-6-12-8-9-20-11-12/h1-5,12,14,20H,6-11H2,(H,21,22). The van der Waals surface area contributed by atoms with Crippen LogP contribution in [0.5, 0.6) is 0 Å². The van der Waals surface area contributed by atoms with Crippen molar-refractivity contribution in [1.29, 1.82) is 0 Å². The first-order valence-corrected chi connectivity index (χ1v) is 7.56. The van der Waals surface area contributed by atoms with E-state index in [9.17, 15) is 18.0 Å². The molecule has 1 aliphatic rings. The van der Waals surface area contributed by atoms with Crippen molar-refractivity contribution < 1.29 is 18.0 Å². The molecule has 0 aromatic heterocycles. The summed E-state index contributed by atoms with van der Waals surface area (Å²) in [6, 6.07) is 7.29. The summed E-state index contributed by atoms with van der Waals surface area (Å²) in [6.07, 6.45) is -3.35. The summed E-state index contributed by atoms with van der Waals surface area (Å²) in [4.78, 5) is 12.0. The Morgan fingerprint density at radius 1 is 1.32 bits per heavy atom. The van der Waals surface area contributed by atoms with Crippen molar-refractivity contribution in [3.63, 3.8) is 0 Å². The lowest BCUT2D eigenvalue weighted by molar-refractivity contribution is -0.143. The molecule has 2 rings (SSSR count). The van der Waals surface area contributed by atoms with Crippen LogP contribution < -0.4 is 10.6 Å². The Kier molecular flexibility index (Phi) is 5.83. The highest BCUT2D eigenvalue weighted by Crippen LogP contribution is 2.29. The van der Waals surface area contributed by atoms with Crippen LogP contribution in [0.4, 0.5) is 13.2 Å². The monoisotopic (exact) mass is 314 g/mol. The molecule has 2 N–H and O–H groups in total. The molecule has 6 heteroatoms. The molecule has 1 aromatic carbocycles. The molecule has 1 heterocycles. The van der Waals surface area contributed by atoms with E-state index in [1.807, 2.05) is 0 Å². The fraction of sp³-hybridized carbons (Fsp3) is 0.562. The largest absolute Gasteiger partial charge is 0.391 e. The number of nitrogens with one attached hydrogen (secondary N) is 2. The lowest BCUT2D eigenvalue weighted by Gasteiger charge is -2.21.